The highest BCUT2D eigenvalue weighted by molar-refractivity contribution is 7.90. The summed E-state index contributed by atoms with van der Waals surface area (Å²) in [6.45, 7) is 12.2. The van der Waals surface area contributed by atoms with E-state index >= 15 is 0 Å². The summed E-state index contributed by atoms with van der Waals surface area (Å²) in [6, 6.07) is 20.6. The van der Waals surface area contributed by atoms with E-state index < -0.39 is 88.2 Å². The number of ether oxygens (including phenoxy) is 2. The molecule has 74 heavy (non-hydrogen) atoms. The zero-order valence-corrected chi connectivity index (χ0v) is 44.0. The smallest absolute Gasteiger partial charge is 0.329 e. The first-order valence-corrected chi connectivity index (χ1v) is 26.0. The van der Waals surface area contributed by atoms with Crippen molar-refractivity contribution in [2.45, 2.75) is 135 Å². The number of nitrogens with zero attached hydrogens (tertiary/aromatic N) is 1. The summed E-state index contributed by atoms with van der Waals surface area (Å²) >= 11 is 0. The fourth-order valence-electron chi connectivity index (χ4n) is 8.05. The summed E-state index contributed by atoms with van der Waals surface area (Å²) in [5.41, 5.74) is 16.1. The van der Waals surface area contributed by atoms with E-state index in [0.717, 1.165) is 5.56 Å². The molecule has 0 saturated heterocycles. The molecule has 0 bridgehead atoms. The minimum atomic E-state index is -4.14. The number of aryl methyl sites for hydroxylation is 3. The lowest BCUT2D eigenvalue weighted by Crippen LogP contribution is -2.59. The Morgan fingerprint density at radius 2 is 1.14 bits per heavy atom. The van der Waals surface area contributed by atoms with Gasteiger partial charge < -0.3 is 47.3 Å². The second kappa shape index (κ2) is 28.8. The van der Waals surface area contributed by atoms with Gasteiger partial charge in [0.15, 0.2) is 0 Å². The molecule has 20 heteroatoms. The van der Waals surface area contributed by atoms with Crippen LogP contribution in [-0.4, -0.2) is 91.8 Å². The van der Waals surface area contributed by atoms with Crippen LogP contribution < -0.4 is 37.5 Å². The van der Waals surface area contributed by atoms with Crippen molar-refractivity contribution in [2.75, 3.05) is 6.54 Å². The monoisotopic (exact) mass is 1040 g/mol. The van der Waals surface area contributed by atoms with Crippen molar-refractivity contribution < 1.29 is 51.8 Å². The quantitative estimate of drug-likeness (QED) is 0.0180. The second-order valence-corrected chi connectivity index (χ2v) is 20.8. The van der Waals surface area contributed by atoms with Crippen LogP contribution in [0.1, 0.15) is 93.2 Å². The first-order chi connectivity index (χ1) is 35.0. The molecule has 400 valence electrons. The van der Waals surface area contributed by atoms with Gasteiger partial charge in [0, 0.05) is 13.0 Å². The van der Waals surface area contributed by atoms with Gasteiger partial charge in [0.2, 0.25) is 29.6 Å². The molecule has 0 saturated carbocycles. The minimum absolute atomic E-state index is 0.0188. The van der Waals surface area contributed by atoms with E-state index in [0.29, 0.717) is 27.8 Å². The lowest BCUT2D eigenvalue weighted by molar-refractivity contribution is -0.149. The third-order valence-corrected chi connectivity index (χ3v) is 13.2. The van der Waals surface area contributed by atoms with Gasteiger partial charge in [-0.2, -0.15) is 0 Å². The van der Waals surface area contributed by atoms with Gasteiger partial charge in [0.1, 0.15) is 43.1 Å². The second-order valence-electron chi connectivity index (χ2n) is 19.2. The molecule has 4 amide bonds. The molecule has 0 heterocycles. The van der Waals surface area contributed by atoms with Gasteiger partial charge in [-0.25, -0.2) is 17.9 Å². The van der Waals surface area contributed by atoms with Crippen molar-refractivity contribution in [1.82, 2.24) is 26.0 Å². The van der Waals surface area contributed by atoms with Gasteiger partial charge >= 0.3 is 11.9 Å². The molecule has 4 rings (SSSR count). The number of phenolic OH excluding ortho intramolecular Hbond substituents is 1. The average molecular weight is 1040 g/mol. The first kappa shape index (κ1) is 59.2. The molecule has 4 aromatic rings. The van der Waals surface area contributed by atoms with Crippen molar-refractivity contribution in [3.8, 4) is 5.75 Å². The molecule has 0 aromatic heterocycles. The molecular formula is C54H72N8O11S. The van der Waals surface area contributed by atoms with Crippen LogP contribution in [0, 0.1) is 32.6 Å². The number of aromatic hydroxyl groups is 1. The summed E-state index contributed by atoms with van der Waals surface area (Å²) < 4.78 is 40.2. The maximum Gasteiger partial charge on any atom is 0.329 e. The Morgan fingerprint density at radius 1 is 0.635 bits per heavy atom. The Bertz CT molecular complexity index is 2640. The van der Waals surface area contributed by atoms with Crippen molar-refractivity contribution >= 4 is 51.6 Å². The number of benzene rings is 4. The Hall–Kier alpha value is -7.32. The van der Waals surface area contributed by atoms with Crippen LogP contribution in [0.2, 0.25) is 0 Å². The summed E-state index contributed by atoms with van der Waals surface area (Å²) in [5.74, 6) is -5.46. The fraction of sp³-hybridized carbons (Fsp3) is 0.426. The molecule has 0 fully saturated rings. The van der Waals surface area contributed by atoms with Crippen molar-refractivity contribution in [3.05, 3.63) is 130 Å². The number of carbonyl (C=O) groups excluding carboxylic acids is 6. The highest BCUT2D eigenvalue weighted by Gasteiger charge is 2.34. The third kappa shape index (κ3) is 19.9. The number of nitrogens with two attached hydrogens (primary N) is 2. The van der Waals surface area contributed by atoms with E-state index in [1.54, 1.807) is 113 Å². The van der Waals surface area contributed by atoms with Gasteiger partial charge in [-0.05, 0) is 98.2 Å². The summed E-state index contributed by atoms with van der Waals surface area (Å²) in [4.78, 5) is 87.6. The van der Waals surface area contributed by atoms with E-state index in [9.17, 15) is 42.3 Å². The van der Waals surface area contributed by atoms with E-state index in [-0.39, 0.29) is 74.3 Å². The van der Waals surface area contributed by atoms with Crippen molar-refractivity contribution in [3.63, 3.8) is 0 Å². The molecule has 19 nitrogen and oxygen atoms in total. The topological polar surface area (TPSA) is 300 Å². The highest BCUT2D eigenvalue weighted by atomic mass is 32.2. The van der Waals surface area contributed by atoms with Crippen LogP contribution in [0.15, 0.2) is 107 Å². The van der Waals surface area contributed by atoms with Gasteiger partial charge in [0.25, 0.3) is 10.0 Å². The third-order valence-electron chi connectivity index (χ3n) is 11.5. The predicted molar refractivity (Wildman–Crippen MR) is 280 cm³/mol. The molecule has 0 aliphatic heterocycles. The zero-order valence-electron chi connectivity index (χ0n) is 43.2. The number of sulfonamides is 1. The number of hydrogen-bond donors (Lipinski definition) is 8. The maximum absolute atomic E-state index is 14.5. The molecular weight excluding hydrogens is 969 g/mol. The molecule has 10 N–H and O–H groups in total. The number of carbonyl (C=O) groups is 6. The average Bonchev–Trinajstić information content (AvgIpc) is 3.33. The predicted octanol–water partition coefficient (Wildman–Crippen LogP) is 4.17. The van der Waals surface area contributed by atoms with Crippen molar-refractivity contribution in [1.29, 1.82) is 0 Å². The number of rotatable bonds is 27. The number of nitrogens with one attached hydrogen (secondary N) is 5. The standard InChI is InChI=1S/C54H72N8O11S/c1-33(2)25-42(55)49(65)59-45(30-47(64)72-31-39-15-10-8-11-16-39)52(68)60-44(26-34(3)4)51(67)58-43(19-14-24-57-54(56)62-74(70,71)48-36(6)27-35(5)28-37(48)7)50(66)61-46(29-38-20-22-41(63)23-21-38)53(69)73-32-40-17-12-9-13-18-40/h8-13,15-18,20-23,27-28,33-34,42-46,63H,14,19,24-26,29-32,55H2,1-7H3,(H,58,67)(H,59,65)(H,60,68)(H,61,66)(H3,56,57,62)/t42-,43-,44-,45+,46-/m0/s1. The normalized spacial score (nSPS) is 13.7. The molecule has 0 aliphatic carbocycles. The Labute approximate surface area is 434 Å². The highest BCUT2D eigenvalue weighted by Crippen LogP contribution is 2.22. The largest absolute Gasteiger partial charge is 0.508 e. The molecule has 0 aliphatic rings. The van der Waals surface area contributed by atoms with Crippen LogP contribution in [0.25, 0.3) is 0 Å². The molecule has 0 unspecified atom stereocenters. The molecule has 5 atom stereocenters. The number of hydrogen-bond acceptors (Lipinski definition) is 13. The SMILES string of the molecule is Cc1cc(C)c(S(=O)(=O)NC(N)=NCCC[C@H](NC(=O)[C@H](CC(C)C)NC(=O)[C@@H](CC(=O)OCc2ccccc2)NC(=O)[C@@H](N)CC(C)C)C(=O)N[C@@H](Cc2ccc(O)cc2)C(=O)OCc2ccccc2)c(C)c1. The van der Waals surface area contributed by atoms with Crippen LogP contribution in [0.5, 0.6) is 5.75 Å². The van der Waals surface area contributed by atoms with Crippen LogP contribution in [0.4, 0.5) is 0 Å². The van der Waals surface area contributed by atoms with E-state index in [4.69, 9.17) is 20.9 Å². The number of aliphatic imine (C=N–C) groups is 1. The van der Waals surface area contributed by atoms with Gasteiger partial charge in [-0.1, -0.05) is 118 Å². The van der Waals surface area contributed by atoms with Crippen LogP contribution in [-0.2, 0) is 67.9 Å². The summed E-state index contributed by atoms with van der Waals surface area (Å²) in [7, 11) is -4.14. The van der Waals surface area contributed by atoms with E-state index in [2.05, 4.69) is 31.0 Å². The summed E-state index contributed by atoms with van der Waals surface area (Å²) in [6.07, 6.45) is -0.455. The lowest BCUT2D eigenvalue weighted by atomic mass is 10.0. The van der Waals surface area contributed by atoms with Gasteiger partial charge in [-0.15, -0.1) is 0 Å². The Morgan fingerprint density at radius 3 is 1.70 bits per heavy atom. The Kier molecular flexibility index (Phi) is 23.1. The lowest BCUT2D eigenvalue weighted by Gasteiger charge is -2.27. The molecule has 0 radical (unpaired) electrons. The number of phenols is 1. The zero-order chi connectivity index (χ0) is 54.5. The van der Waals surface area contributed by atoms with Crippen molar-refractivity contribution in [2.24, 2.45) is 28.3 Å². The molecule has 4 aromatic carbocycles. The molecule has 0 spiro atoms. The fourth-order valence-corrected chi connectivity index (χ4v) is 9.46. The maximum atomic E-state index is 14.5. The minimum Gasteiger partial charge on any atom is -0.508 e. The number of guanidine groups is 1. The van der Waals surface area contributed by atoms with Gasteiger partial charge in [0.05, 0.1) is 17.4 Å². The number of esters is 2. The van der Waals surface area contributed by atoms with E-state index in [1.165, 1.54) is 12.1 Å². The first-order valence-electron chi connectivity index (χ1n) is 24.6. The van der Waals surface area contributed by atoms with Gasteiger partial charge in [-0.3, -0.25) is 29.0 Å². The number of amides is 4. The Balaban J connectivity index is 1.62. The van der Waals surface area contributed by atoms with E-state index in [1.807, 2.05) is 20.8 Å². The summed E-state index contributed by atoms with van der Waals surface area (Å²) in [5, 5.41) is 20.6. The van der Waals surface area contributed by atoms with Crippen LogP contribution >= 0.6 is 0 Å². The van der Waals surface area contributed by atoms with Crippen LogP contribution in [0.3, 0.4) is 0 Å².